The Hall–Kier alpha value is 1.97. The van der Waals surface area contributed by atoms with Crippen LogP contribution in [0.2, 0.25) is 19.6 Å². The third-order valence-corrected chi connectivity index (χ3v) is 36.0. The first kappa shape index (κ1) is 25.2. The summed E-state index contributed by atoms with van der Waals surface area (Å²) < 4.78 is 0. The Labute approximate surface area is 151 Å². The molecular formula is C16H38LiP3Si. The van der Waals surface area contributed by atoms with E-state index in [1.165, 1.54) is 0 Å². The maximum absolute atomic E-state index is 4.92. The van der Waals surface area contributed by atoms with Gasteiger partial charge in [0.2, 0.25) is 0 Å². The van der Waals surface area contributed by atoms with E-state index in [1.807, 2.05) is 0 Å². The molecule has 0 aliphatic heterocycles. The van der Waals surface area contributed by atoms with Gasteiger partial charge in [0.1, 0.15) is 0 Å². The van der Waals surface area contributed by atoms with Gasteiger partial charge in [0.15, 0.2) is 0 Å². The molecule has 0 amide bonds. The summed E-state index contributed by atoms with van der Waals surface area (Å²) in [7, 11) is 0.612. The van der Waals surface area contributed by atoms with Gasteiger partial charge in [-0.3, -0.25) is 0 Å². The van der Waals surface area contributed by atoms with Crippen LogP contribution in [-0.4, -0.2) is 23.2 Å². The van der Waals surface area contributed by atoms with Crippen LogP contribution < -0.4 is 18.9 Å². The third-order valence-electron chi connectivity index (χ3n) is 3.73. The smallest absolute Gasteiger partial charge is 0.310 e. The van der Waals surface area contributed by atoms with Gasteiger partial charge in [-0.2, -0.15) is 0 Å². The summed E-state index contributed by atoms with van der Waals surface area (Å²) in [5.41, 5.74) is 0. The summed E-state index contributed by atoms with van der Waals surface area (Å²) >= 11 is 0. The normalized spacial score (nSPS) is 16.6. The van der Waals surface area contributed by atoms with Crippen molar-refractivity contribution in [2.24, 2.45) is 0 Å². The van der Waals surface area contributed by atoms with E-state index >= 15 is 0 Å². The van der Waals surface area contributed by atoms with Crippen molar-refractivity contribution >= 4 is 29.0 Å². The molecule has 0 aromatic rings. The van der Waals surface area contributed by atoms with Gasteiger partial charge < -0.3 is 6.66 Å². The van der Waals surface area contributed by atoms with Crippen LogP contribution in [0, 0.1) is 6.66 Å². The first-order valence-corrected chi connectivity index (χ1v) is 17.6. The third kappa shape index (κ3) is 6.41. The average molecular weight is 358 g/mol. The Balaban J connectivity index is 0. The first-order chi connectivity index (χ1) is 8.34. The predicted molar refractivity (Wildman–Crippen MR) is 109 cm³/mol. The Bertz CT molecular complexity index is 358. The molecule has 0 bridgehead atoms. The van der Waals surface area contributed by atoms with Crippen molar-refractivity contribution in [2.45, 2.75) is 97.4 Å². The molecule has 0 fully saturated rings. The van der Waals surface area contributed by atoms with Gasteiger partial charge in [-0.25, -0.2) is 6.55 Å². The van der Waals surface area contributed by atoms with Gasteiger partial charge in [0.05, 0.1) is 7.74 Å². The van der Waals surface area contributed by atoms with Crippen molar-refractivity contribution in [1.29, 1.82) is 0 Å². The number of rotatable bonds is 2. The molecule has 0 aliphatic rings. The second-order valence-corrected chi connectivity index (χ2v) is 32.5. The topological polar surface area (TPSA) is 0 Å². The summed E-state index contributed by atoms with van der Waals surface area (Å²) in [6.45, 7) is 33.2. The molecule has 0 spiro atoms. The van der Waals surface area contributed by atoms with E-state index in [1.54, 1.807) is 7.56 Å². The molecule has 0 aliphatic carbocycles. The second kappa shape index (κ2) is 7.47. The molecule has 0 rings (SSSR count). The maximum atomic E-state index is 4.92. The second-order valence-electron chi connectivity index (χ2n) is 9.85. The van der Waals surface area contributed by atoms with E-state index in [-0.39, 0.29) is 26.0 Å². The van der Waals surface area contributed by atoms with Crippen molar-refractivity contribution in [3.05, 3.63) is 6.66 Å². The van der Waals surface area contributed by atoms with Gasteiger partial charge >= 0.3 is 18.9 Å². The van der Waals surface area contributed by atoms with Gasteiger partial charge in [0, 0.05) is 0 Å². The van der Waals surface area contributed by atoms with E-state index < -0.39 is 14.3 Å². The van der Waals surface area contributed by atoms with E-state index in [0.717, 1.165) is 0 Å². The minimum Gasteiger partial charge on any atom is -0.310 e. The van der Waals surface area contributed by atoms with Crippen molar-refractivity contribution in [3.63, 3.8) is 0 Å². The van der Waals surface area contributed by atoms with E-state index in [9.17, 15) is 0 Å². The summed E-state index contributed by atoms with van der Waals surface area (Å²) in [5, 5.41) is 1.11. The molecule has 0 nitrogen and oxygen atoms in total. The van der Waals surface area contributed by atoms with Crippen molar-refractivity contribution in [1.82, 2.24) is 0 Å². The maximum Gasteiger partial charge on any atom is 1.00 e. The molecule has 0 radical (unpaired) electrons. The molecule has 0 N–H and O–H groups in total. The molecular weight excluding hydrogens is 320 g/mol. The van der Waals surface area contributed by atoms with E-state index in [0.29, 0.717) is 15.5 Å². The van der Waals surface area contributed by atoms with Gasteiger partial charge in [0.25, 0.3) is 0 Å². The fraction of sp³-hybridized carbons (Fsp3) is 0.938. The quantitative estimate of drug-likeness (QED) is 0.357. The molecule has 0 aromatic carbocycles. The minimum absolute atomic E-state index is 0. The Morgan fingerprint density at radius 1 is 0.810 bits per heavy atom. The summed E-state index contributed by atoms with van der Waals surface area (Å²) in [5.74, 6) is 0. The van der Waals surface area contributed by atoms with Gasteiger partial charge in [-0.05, 0) is 15.5 Å². The van der Waals surface area contributed by atoms with Crippen LogP contribution in [0.15, 0.2) is 0 Å². The van der Waals surface area contributed by atoms with Crippen LogP contribution in [0.1, 0.15) is 62.3 Å². The van der Waals surface area contributed by atoms with Crippen molar-refractivity contribution < 1.29 is 18.9 Å². The van der Waals surface area contributed by atoms with Gasteiger partial charge in [-0.15, -0.1) is 7.56 Å². The van der Waals surface area contributed by atoms with E-state index in [2.05, 4.69) is 82.0 Å². The molecule has 0 saturated carbocycles. The Kier molecular flexibility index (Phi) is 8.97. The molecule has 122 valence electrons. The predicted octanol–water partition coefficient (Wildman–Crippen LogP) is 5.29. The van der Waals surface area contributed by atoms with Crippen LogP contribution in [0.4, 0.5) is 0 Å². The first-order valence-electron chi connectivity index (χ1n) is 7.61. The summed E-state index contributed by atoms with van der Waals surface area (Å²) in [4.78, 5) is 0. The van der Waals surface area contributed by atoms with E-state index in [4.69, 9.17) is 6.66 Å². The minimum atomic E-state index is -1.30. The zero-order chi connectivity index (χ0) is 16.8. The van der Waals surface area contributed by atoms with Crippen LogP contribution >= 0.6 is 21.3 Å². The molecule has 1 atom stereocenters. The molecule has 0 aromatic heterocycles. The number of hydrogen-bond donors (Lipinski definition) is 0. The standard InChI is InChI=1S/C16H38P3Si.Li/c1-14(2,3)18(20(11,12)13)17-19(10,15(4,5)6)16(7,8)9;/h10H2,1-9,11-13H3;/q-1;+1. The van der Waals surface area contributed by atoms with Crippen LogP contribution in [0.3, 0.4) is 0 Å². The largest absolute Gasteiger partial charge is 1.00 e. The van der Waals surface area contributed by atoms with Crippen molar-refractivity contribution in [2.75, 3.05) is 0 Å². The molecule has 5 heteroatoms. The zero-order valence-electron chi connectivity index (χ0n) is 17.0. The Morgan fingerprint density at radius 3 is 1.24 bits per heavy atom. The SMILES string of the molecule is [CH2-]P(=PP(C(C)(C)C)[Si](C)(C)C)(C(C)(C)C)C(C)(C)C.[Li+]. The van der Waals surface area contributed by atoms with Crippen molar-refractivity contribution in [3.8, 4) is 0 Å². The molecule has 21 heavy (non-hydrogen) atoms. The monoisotopic (exact) mass is 358 g/mol. The summed E-state index contributed by atoms with van der Waals surface area (Å²) in [6.07, 6.45) is 0. The fourth-order valence-corrected chi connectivity index (χ4v) is 42.1. The van der Waals surface area contributed by atoms with Crippen LogP contribution in [0.25, 0.3) is 0 Å². The fourth-order valence-electron chi connectivity index (χ4n) is 2.70. The van der Waals surface area contributed by atoms with Crippen LogP contribution in [-0.2, 0) is 0 Å². The number of hydrogen-bond acceptors (Lipinski definition) is 0. The average Bonchev–Trinajstić information content (AvgIpc) is 2.05. The van der Waals surface area contributed by atoms with Crippen LogP contribution in [0.5, 0.6) is 0 Å². The summed E-state index contributed by atoms with van der Waals surface area (Å²) in [6, 6.07) is 0. The zero-order valence-corrected chi connectivity index (χ0v) is 20.7. The Morgan fingerprint density at radius 2 is 1.10 bits per heavy atom. The van der Waals surface area contributed by atoms with Gasteiger partial charge in [-0.1, -0.05) is 89.1 Å². The molecule has 0 saturated heterocycles. The molecule has 0 heterocycles. The molecule has 1 unspecified atom stereocenters.